The van der Waals surface area contributed by atoms with Crippen molar-refractivity contribution in [3.05, 3.63) is 69.4 Å². The minimum atomic E-state index is -0.224. The molecule has 1 atom stereocenters. The molecule has 0 heterocycles. The van der Waals surface area contributed by atoms with Crippen LogP contribution >= 0.6 is 15.9 Å². The maximum Gasteiger partial charge on any atom is 0.137 e. The third-order valence-electron chi connectivity index (χ3n) is 4.34. The van der Waals surface area contributed by atoms with Crippen LogP contribution in [-0.4, -0.2) is 6.04 Å². The van der Waals surface area contributed by atoms with Gasteiger partial charge in [-0.3, -0.25) is 11.3 Å². The van der Waals surface area contributed by atoms with Gasteiger partial charge in [-0.15, -0.1) is 0 Å². The van der Waals surface area contributed by atoms with Crippen LogP contribution in [0.15, 0.2) is 46.9 Å². The zero-order valence-electron chi connectivity index (χ0n) is 11.7. The summed E-state index contributed by atoms with van der Waals surface area (Å²) in [5, 5.41) is 0. The van der Waals surface area contributed by atoms with E-state index in [9.17, 15) is 4.39 Å². The minimum absolute atomic E-state index is 0.135. The normalized spacial score (nSPS) is 16.0. The maximum absolute atomic E-state index is 13.6. The van der Waals surface area contributed by atoms with Crippen LogP contribution in [0.5, 0.6) is 0 Å². The molecular formula is C17H18BrFN2. The molecule has 2 nitrogen and oxygen atoms in total. The Balaban J connectivity index is 1.77. The van der Waals surface area contributed by atoms with E-state index in [1.165, 1.54) is 17.2 Å². The van der Waals surface area contributed by atoms with Crippen LogP contribution in [0.1, 0.15) is 16.7 Å². The first kappa shape index (κ1) is 14.7. The molecule has 0 fully saturated rings. The molecule has 0 radical (unpaired) electrons. The van der Waals surface area contributed by atoms with E-state index >= 15 is 0 Å². The fourth-order valence-electron chi connectivity index (χ4n) is 3.18. The van der Waals surface area contributed by atoms with Gasteiger partial charge in [0.05, 0.1) is 4.47 Å². The number of nitrogens with one attached hydrogen (secondary N) is 1. The Hall–Kier alpha value is -1.23. The molecule has 21 heavy (non-hydrogen) atoms. The van der Waals surface area contributed by atoms with Crippen molar-refractivity contribution in [2.75, 3.05) is 0 Å². The second kappa shape index (κ2) is 6.26. The summed E-state index contributed by atoms with van der Waals surface area (Å²) in [5.74, 6) is 5.99. The summed E-state index contributed by atoms with van der Waals surface area (Å²) in [6.07, 6.45) is 2.77. The van der Waals surface area contributed by atoms with Gasteiger partial charge in [0.15, 0.2) is 0 Å². The topological polar surface area (TPSA) is 38.0 Å². The average molecular weight is 349 g/mol. The molecule has 3 rings (SSSR count). The van der Waals surface area contributed by atoms with Crippen molar-refractivity contribution in [1.29, 1.82) is 0 Å². The molecule has 4 heteroatoms. The smallest absolute Gasteiger partial charge is 0.137 e. The molecule has 3 N–H and O–H groups in total. The van der Waals surface area contributed by atoms with Gasteiger partial charge in [-0.2, -0.15) is 0 Å². The van der Waals surface area contributed by atoms with E-state index < -0.39 is 0 Å². The highest BCUT2D eigenvalue weighted by molar-refractivity contribution is 9.10. The van der Waals surface area contributed by atoms with Crippen LogP contribution in [0.4, 0.5) is 4.39 Å². The number of benzene rings is 2. The lowest BCUT2D eigenvalue weighted by atomic mass is 9.91. The van der Waals surface area contributed by atoms with Gasteiger partial charge in [-0.1, -0.05) is 36.4 Å². The quantitative estimate of drug-likeness (QED) is 0.656. The molecule has 1 aliphatic carbocycles. The average Bonchev–Trinajstić information content (AvgIpc) is 2.92. The van der Waals surface area contributed by atoms with Crippen molar-refractivity contribution >= 4 is 15.9 Å². The summed E-state index contributed by atoms with van der Waals surface area (Å²) >= 11 is 3.33. The molecule has 0 aliphatic heterocycles. The summed E-state index contributed by atoms with van der Waals surface area (Å²) in [4.78, 5) is 0. The van der Waals surface area contributed by atoms with Gasteiger partial charge >= 0.3 is 0 Å². The van der Waals surface area contributed by atoms with E-state index in [4.69, 9.17) is 5.84 Å². The molecule has 1 aliphatic rings. The summed E-state index contributed by atoms with van der Waals surface area (Å²) in [6, 6.07) is 13.8. The lowest BCUT2D eigenvalue weighted by molar-refractivity contribution is 0.366. The van der Waals surface area contributed by atoms with Gasteiger partial charge < -0.3 is 0 Å². The number of hydrogen-bond acceptors (Lipinski definition) is 2. The third-order valence-corrected chi connectivity index (χ3v) is 5.23. The Morgan fingerprint density at radius 3 is 2.43 bits per heavy atom. The lowest BCUT2D eigenvalue weighted by Gasteiger charge is -2.23. The van der Waals surface area contributed by atoms with E-state index in [2.05, 4.69) is 45.6 Å². The summed E-state index contributed by atoms with van der Waals surface area (Å²) in [6.45, 7) is 0. The number of hydrazine groups is 1. The molecule has 2 aromatic carbocycles. The molecule has 0 spiro atoms. The summed E-state index contributed by atoms with van der Waals surface area (Å²) in [7, 11) is 0. The molecule has 0 amide bonds. The number of nitrogens with two attached hydrogens (primary N) is 1. The van der Waals surface area contributed by atoms with E-state index in [1.807, 2.05) is 6.07 Å². The number of rotatable bonds is 4. The van der Waals surface area contributed by atoms with Gasteiger partial charge in [0.1, 0.15) is 5.82 Å². The van der Waals surface area contributed by atoms with Crippen molar-refractivity contribution in [2.24, 2.45) is 11.8 Å². The number of halogens is 2. The van der Waals surface area contributed by atoms with E-state index in [-0.39, 0.29) is 11.9 Å². The molecule has 0 aromatic heterocycles. The van der Waals surface area contributed by atoms with Gasteiger partial charge in [-0.05, 0) is 63.9 Å². The SMILES string of the molecule is NNC(Cc1cccc(F)c1Br)C1Cc2ccccc2C1. The molecular weight excluding hydrogens is 331 g/mol. The molecule has 0 bridgehead atoms. The second-order valence-electron chi connectivity index (χ2n) is 5.63. The highest BCUT2D eigenvalue weighted by Crippen LogP contribution is 2.31. The van der Waals surface area contributed by atoms with Crippen LogP contribution in [0, 0.1) is 11.7 Å². The Morgan fingerprint density at radius 1 is 1.14 bits per heavy atom. The zero-order chi connectivity index (χ0) is 14.8. The Morgan fingerprint density at radius 2 is 1.81 bits per heavy atom. The zero-order valence-corrected chi connectivity index (χ0v) is 13.2. The van der Waals surface area contributed by atoms with Gasteiger partial charge in [0, 0.05) is 6.04 Å². The van der Waals surface area contributed by atoms with Crippen LogP contribution in [0.25, 0.3) is 0 Å². The fraction of sp³-hybridized carbons (Fsp3) is 0.294. The first-order valence-corrected chi connectivity index (χ1v) is 7.94. The molecule has 0 saturated carbocycles. The molecule has 1 unspecified atom stereocenters. The number of hydrogen-bond donors (Lipinski definition) is 2. The largest absolute Gasteiger partial charge is 0.271 e. The summed E-state index contributed by atoms with van der Waals surface area (Å²) in [5.41, 5.74) is 6.69. The van der Waals surface area contributed by atoms with Gasteiger partial charge in [0.2, 0.25) is 0 Å². The Bertz CT molecular complexity index is 619. The minimum Gasteiger partial charge on any atom is -0.271 e. The number of fused-ring (bicyclic) bond motifs is 1. The van der Waals surface area contributed by atoms with Gasteiger partial charge in [0.25, 0.3) is 0 Å². The third kappa shape index (κ3) is 3.03. The predicted molar refractivity (Wildman–Crippen MR) is 86.3 cm³/mol. The standard InChI is InChI=1S/C17H18BrFN2/c18-17-13(6-3-7-15(17)19)10-16(21-20)14-8-11-4-1-2-5-12(11)9-14/h1-7,14,16,21H,8-10,20H2. The second-order valence-corrected chi connectivity index (χ2v) is 6.42. The van der Waals surface area contributed by atoms with Crippen molar-refractivity contribution < 1.29 is 4.39 Å². The first-order chi connectivity index (χ1) is 10.2. The monoisotopic (exact) mass is 348 g/mol. The van der Waals surface area contributed by atoms with Crippen LogP contribution in [0.2, 0.25) is 0 Å². The molecule has 0 saturated heterocycles. The van der Waals surface area contributed by atoms with E-state index in [1.54, 1.807) is 6.07 Å². The Labute approximate surface area is 132 Å². The van der Waals surface area contributed by atoms with E-state index in [0.717, 1.165) is 18.4 Å². The van der Waals surface area contributed by atoms with Crippen molar-refractivity contribution in [2.45, 2.75) is 25.3 Å². The van der Waals surface area contributed by atoms with Crippen LogP contribution in [0.3, 0.4) is 0 Å². The van der Waals surface area contributed by atoms with Crippen molar-refractivity contribution in [1.82, 2.24) is 5.43 Å². The lowest BCUT2D eigenvalue weighted by Crippen LogP contribution is -2.43. The summed E-state index contributed by atoms with van der Waals surface area (Å²) < 4.78 is 14.2. The highest BCUT2D eigenvalue weighted by Gasteiger charge is 2.28. The first-order valence-electron chi connectivity index (χ1n) is 7.15. The van der Waals surface area contributed by atoms with Crippen molar-refractivity contribution in [3.8, 4) is 0 Å². The van der Waals surface area contributed by atoms with E-state index in [0.29, 0.717) is 16.8 Å². The van der Waals surface area contributed by atoms with Crippen LogP contribution in [-0.2, 0) is 19.3 Å². The fourth-order valence-corrected chi connectivity index (χ4v) is 3.61. The van der Waals surface area contributed by atoms with Crippen molar-refractivity contribution in [3.63, 3.8) is 0 Å². The predicted octanol–water partition coefficient (Wildman–Crippen LogP) is 3.38. The Kier molecular flexibility index (Phi) is 4.38. The van der Waals surface area contributed by atoms with Gasteiger partial charge in [-0.25, -0.2) is 4.39 Å². The molecule has 2 aromatic rings. The molecule has 110 valence electrons. The maximum atomic E-state index is 13.6. The highest BCUT2D eigenvalue weighted by atomic mass is 79.9. The van der Waals surface area contributed by atoms with Crippen LogP contribution < -0.4 is 11.3 Å².